The molecular weight excluding hydrogens is 354 g/mol. The summed E-state index contributed by atoms with van der Waals surface area (Å²) in [7, 11) is 0. The van der Waals surface area contributed by atoms with Gasteiger partial charge in [-0.15, -0.1) is 0 Å². The highest BCUT2D eigenvalue weighted by Gasteiger charge is 2.31. The lowest BCUT2D eigenvalue weighted by Gasteiger charge is -2.46. The highest BCUT2D eigenvalue weighted by molar-refractivity contribution is 5.71. The van der Waals surface area contributed by atoms with E-state index in [1.807, 2.05) is 0 Å². The van der Waals surface area contributed by atoms with Crippen LogP contribution in [0.15, 0.2) is 48.5 Å². The molecule has 3 heteroatoms. The molecule has 154 valence electrons. The predicted octanol–water partition coefficient (Wildman–Crippen LogP) is 4.73. The van der Waals surface area contributed by atoms with Crippen LogP contribution in [0.25, 0.3) is 0 Å². The van der Waals surface area contributed by atoms with Gasteiger partial charge in [0.15, 0.2) is 0 Å². The molecule has 0 amide bonds. The molecule has 5 rings (SSSR count). The third kappa shape index (κ3) is 4.08. The molecule has 2 aromatic rings. The second-order valence-electron chi connectivity index (χ2n) is 9.39. The fourth-order valence-corrected chi connectivity index (χ4v) is 5.71. The Morgan fingerprint density at radius 3 is 2.21 bits per heavy atom. The number of aryl methyl sites for hydroxylation is 2. The SMILES string of the molecule is C[C@H]1CC[C@@H]2CN(CCCN3c4ccccc4CCc4ccccc43)CCN2C1. The number of rotatable bonds is 4. The summed E-state index contributed by atoms with van der Waals surface area (Å²) >= 11 is 0. The lowest BCUT2D eigenvalue weighted by Crippen LogP contribution is -2.56. The first kappa shape index (κ1) is 19.1. The molecule has 3 aliphatic rings. The van der Waals surface area contributed by atoms with Crippen molar-refractivity contribution in [3.05, 3.63) is 59.7 Å². The van der Waals surface area contributed by atoms with Gasteiger partial charge in [0.1, 0.15) is 0 Å². The first-order valence-corrected chi connectivity index (χ1v) is 11.7. The van der Waals surface area contributed by atoms with E-state index in [0.29, 0.717) is 0 Å². The van der Waals surface area contributed by atoms with Crippen LogP contribution in [-0.4, -0.2) is 55.1 Å². The van der Waals surface area contributed by atoms with Gasteiger partial charge in [0, 0.05) is 50.1 Å². The maximum absolute atomic E-state index is 2.76. The van der Waals surface area contributed by atoms with E-state index in [0.717, 1.165) is 31.3 Å². The number of fused-ring (bicyclic) bond motifs is 3. The summed E-state index contributed by atoms with van der Waals surface area (Å²) < 4.78 is 0. The van der Waals surface area contributed by atoms with Gasteiger partial charge < -0.3 is 9.80 Å². The largest absolute Gasteiger partial charge is 0.341 e. The smallest absolute Gasteiger partial charge is 0.0443 e. The zero-order chi connectivity index (χ0) is 19.6. The van der Waals surface area contributed by atoms with Crippen molar-refractivity contribution in [3.63, 3.8) is 0 Å². The number of para-hydroxylation sites is 2. The van der Waals surface area contributed by atoms with E-state index in [1.165, 1.54) is 74.5 Å². The standard InChI is InChI=1S/C26H35N3/c1-21-11-14-24-20-27(17-18-28(24)19-21)15-6-16-29-25-9-4-2-7-22(25)12-13-23-8-3-5-10-26(23)29/h2-5,7-10,21,24H,6,11-20H2,1H3/t21-,24+/m0/s1. The zero-order valence-corrected chi connectivity index (χ0v) is 17.9. The fraction of sp³-hybridized carbons (Fsp3) is 0.538. The number of anilines is 2. The molecule has 0 N–H and O–H groups in total. The van der Waals surface area contributed by atoms with Gasteiger partial charge in [-0.3, -0.25) is 4.90 Å². The molecule has 0 radical (unpaired) electrons. The fourth-order valence-electron chi connectivity index (χ4n) is 5.71. The van der Waals surface area contributed by atoms with Gasteiger partial charge in [0.05, 0.1) is 0 Å². The second kappa shape index (κ2) is 8.49. The number of piperazine rings is 1. The Balaban J connectivity index is 1.25. The van der Waals surface area contributed by atoms with Gasteiger partial charge in [-0.25, -0.2) is 0 Å². The molecule has 0 unspecified atom stereocenters. The van der Waals surface area contributed by atoms with Gasteiger partial charge >= 0.3 is 0 Å². The van der Waals surface area contributed by atoms with Crippen molar-refractivity contribution in [1.29, 1.82) is 0 Å². The van der Waals surface area contributed by atoms with Crippen molar-refractivity contribution >= 4 is 11.4 Å². The van der Waals surface area contributed by atoms with E-state index in [2.05, 4.69) is 70.2 Å². The van der Waals surface area contributed by atoms with E-state index in [-0.39, 0.29) is 0 Å². The third-order valence-electron chi connectivity index (χ3n) is 7.31. The Morgan fingerprint density at radius 2 is 1.48 bits per heavy atom. The van der Waals surface area contributed by atoms with Crippen molar-refractivity contribution < 1.29 is 0 Å². The molecule has 0 aromatic heterocycles. The molecule has 2 saturated heterocycles. The topological polar surface area (TPSA) is 9.72 Å². The van der Waals surface area contributed by atoms with Gasteiger partial charge in [0.25, 0.3) is 0 Å². The van der Waals surface area contributed by atoms with Crippen LogP contribution in [-0.2, 0) is 12.8 Å². The van der Waals surface area contributed by atoms with Gasteiger partial charge in [-0.1, -0.05) is 43.3 Å². The molecule has 0 spiro atoms. The molecule has 2 fully saturated rings. The Labute approximate surface area is 176 Å². The van der Waals surface area contributed by atoms with Gasteiger partial charge in [0.2, 0.25) is 0 Å². The van der Waals surface area contributed by atoms with Crippen LogP contribution >= 0.6 is 0 Å². The second-order valence-corrected chi connectivity index (χ2v) is 9.39. The number of hydrogen-bond donors (Lipinski definition) is 0. The summed E-state index contributed by atoms with van der Waals surface area (Å²) in [4.78, 5) is 8.08. The number of benzene rings is 2. The average molecular weight is 390 g/mol. The van der Waals surface area contributed by atoms with Crippen LogP contribution < -0.4 is 4.90 Å². The van der Waals surface area contributed by atoms with E-state index in [9.17, 15) is 0 Å². The molecule has 0 saturated carbocycles. The highest BCUT2D eigenvalue weighted by Crippen LogP contribution is 2.36. The number of piperidine rings is 1. The van der Waals surface area contributed by atoms with Crippen LogP contribution in [0.3, 0.4) is 0 Å². The summed E-state index contributed by atoms with van der Waals surface area (Å²) in [6.45, 7) is 9.86. The molecule has 2 atom stereocenters. The highest BCUT2D eigenvalue weighted by atomic mass is 15.3. The molecule has 0 aliphatic carbocycles. The Morgan fingerprint density at radius 1 is 0.793 bits per heavy atom. The van der Waals surface area contributed by atoms with Gasteiger partial charge in [-0.05, 0) is 67.8 Å². The van der Waals surface area contributed by atoms with E-state index < -0.39 is 0 Å². The molecule has 3 heterocycles. The minimum atomic E-state index is 0.805. The molecule has 2 aromatic carbocycles. The number of hydrogen-bond acceptors (Lipinski definition) is 3. The summed E-state index contributed by atoms with van der Waals surface area (Å²) in [5, 5.41) is 0. The lowest BCUT2D eigenvalue weighted by molar-refractivity contribution is 0.0315. The molecule has 29 heavy (non-hydrogen) atoms. The summed E-state index contributed by atoms with van der Waals surface area (Å²) in [5.74, 6) is 0.890. The van der Waals surface area contributed by atoms with Crippen LogP contribution in [0.4, 0.5) is 11.4 Å². The monoisotopic (exact) mass is 389 g/mol. The van der Waals surface area contributed by atoms with Crippen molar-refractivity contribution in [2.75, 3.05) is 44.2 Å². The summed E-state index contributed by atoms with van der Waals surface area (Å²) in [6.07, 6.45) is 6.32. The normalized spacial score (nSPS) is 25.1. The van der Waals surface area contributed by atoms with E-state index in [1.54, 1.807) is 0 Å². The Hall–Kier alpha value is -1.84. The summed E-state index contributed by atoms with van der Waals surface area (Å²) in [5.41, 5.74) is 5.83. The van der Waals surface area contributed by atoms with Crippen molar-refractivity contribution in [2.45, 2.75) is 45.1 Å². The lowest BCUT2D eigenvalue weighted by atomic mass is 9.92. The molecule has 0 bridgehead atoms. The van der Waals surface area contributed by atoms with Crippen LogP contribution in [0.2, 0.25) is 0 Å². The zero-order valence-electron chi connectivity index (χ0n) is 17.9. The summed E-state index contributed by atoms with van der Waals surface area (Å²) in [6, 6.07) is 18.9. The van der Waals surface area contributed by atoms with Crippen molar-refractivity contribution in [3.8, 4) is 0 Å². The Kier molecular flexibility index (Phi) is 5.61. The Bertz CT molecular complexity index is 785. The van der Waals surface area contributed by atoms with E-state index >= 15 is 0 Å². The minimum Gasteiger partial charge on any atom is -0.341 e. The van der Waals surface area contributed by atoms with Crippen LogP contribution in [0.5, 0.6) is 0 Å². The first-order valence-electron chi connectivity index (χ1n) is 11.7. The first-order chi connectivity index (χ1) is 14.3. The van der Waals surface area contributed by atoms with E-state index in [4.69, 9.17) is 0 Å². The molecule has 3 aliphatic heterocycles. The number of nitrogens with zero attached hydrogens (tertiary/aromatic N) is 3. The third-order valence-corrected chi connectivity index (χ3v) is 7.31. The van der Waals surface area contributed by atoms with Gasteiger partial charge in [-0.2, -0.15) is 0 Å². The maximum atomic E-state index is 2.76. The quantitative estimate of drug-likeness (QED) is 0.748. The molecular formula is C26H35N3. The van der Waals surface area contributed by atoms with Crippen molar-refractivity contribution in [2.24, 2.45) is 5.92 Å². The predicted molar refractivity (Wildman–Crippen MR) is 122 cm³/mol. The van der Waals surface area contributed by atoms with Crippen molar-refractivity contribution in [1.82, 2.24) is 9.80 Å². The molecule has 3 nitrogen and oxygen atoms in total. The van der Waals surface area contributed by atoms with Crippen LogP contribution in [0.1, 0.15) is 37.3 Å². The minimum absolute atomic E-state index is 0.805. The van der Waals surface area contributed by atoms with Crippen LogP contribution in [0, 0.1) is 5.92 Å². The maximum Gasteiger partial charge on any atom is 0.0443 e. The average Bonchev–Trinajstić information content (AvgIpc) is 2.91.